The summed E-state index contributed by atoms with van der Waals surface area (Å²) in [6.45, 7) is 1.52. The number of hydrogen-bond donors (Lipinski definition) is 0. The summed E-state index contributed by atoms with van der Waals surface area (Å²) in [4.78, 5) is 0. The molecule has 2 rings (SSSR count). The van der Waals surface area contributed by atoms with Crippen LogP contribution in [0.25, 0.3) is 0 Å². The molecule has 1 aromatic carbocycles. The van der Waals surface area contributed by atoms with Crippen molar-refractivity contribution >= 4 is 23.1 Å². The zero-order valence-electron chi connectivity index (χ0n) is 9.24. The number of benzene rings is 1. The normalized spacial score (nSPS) is 15.8. The van der Waals surface area contributed by atoms with E-state index in [1.807, 2.05) is 18.2 Å². The Balaban J connectivity index is 0.00000112. The van der Waals surface area contributed by atoms with E-state index in [9.17, 15) is 0 Å². The number of ether oxygens (including phenoxy) is 3. The summed E-state index contributed by atoms with van der Waals surface area (Å²) in [6.07, 6.45) is 0.738. The quantitative estimate of drug-likeness (QED) is 0.494. The zero-order valence-corrected chi connectivity index (χ0v) is 12.2. The Hall–Kier alpha value is 0.186. The molecule has 0 amide bonds. The number of rotatable bonds is 2. The Bertz CT molecular complexity index is 286. The van der Waals surface area contributed by atoms with Crippen LogP contribution in [-0.2, 0) is 9.47 Å². The van der Waals surface area contributed by atoms with Gasteiger partial charge < -0.3 is 31.2 Å². The van der Waals surface area contributed by atoms with Crippen LogP contribution in [0.15, 0.2) is 18.2 Å². The van der Waals surface area contributed by atoms with Crippen LogP contribution in [0.1, 0.15) is 18.3 Å². The van der Waals surface area contributed by atoms with Gasteiger partial charge in [-0.2, -0.15) is 12.1 Å². The maximum absolute atomic E-state index is 5.45. The Labute approximate surface area is 122 Å². The fourth-order valence-corrected chi connectivity index (χ4v) is 1.38. The largest absolute Gasteiger partial charge is 2.00 e. The first-order valence-corrected chi connectivity index (χ1v) is 4.69. The average Bonchev–Trinajstić information content (AvgIpc) is 2.30. The Morgan fingerprint density at radius 2 is 2.00 bits per heavy atom. The topological polar surface area (TPSA) is 27.7 Å². The molecule has 3 nitrogen and oxygen atoms in total. The summed E-state index contributed by atoms with van der Waals surface area (Å²) in [7, 11) is 1.62. The third-order valence-electron chi connectivity index (χ3n) is 2.13. The van der Waals surface area contributed by atoms with Gasteiger partial charge in [-0.1, -0.05) is 0 Å². The second-order valence-electron chi connectivity index (χ2n) is 3.12. The van der Waals surface area contributed by atoms with Crippen LogP contribution in [-0.4, -0.2) is 43.4 Å². The van der Waals surface area contributed by atoms with Crippen LogP contribution in [0.3, 0.4) is 0 Å². The summed E-state index contributed by atoms with van der Waals surface area (Å²) in [6, 6.07) is 8.64. The van der Waals surface area contributed by atoms with Crippen molar-refractivity contribution in [3.8, 4) is 5.75 Å². The monoisotopic (exact) mass is 296 g/mol. The number of hydrogen-bond acceptors (Lipinski definition) is 3. The van der Waals surface area contributed by atoms with Crippen molar-refractivity contribution in [3.63, 3.8) is 0 Å². The van der Waals surface area contributed by atoms with Crippen molar-refractivity contribution in [3.05, 3.63) is 29.8 Å². The molecule has 0 aliphatic carbocycles. The summed E-state index contributed by atoms with van der Waals surface area (Å²) in [5.74, 6) is 0.726. The van der Waals surface area contributed by atoms with Crippen LogP contribution < -0.4 is 21.7 Å². The fraction of sp³-hybridized carbons (Fsp3) is 0.455. The van der Waals surface area contributed by atoms with E-state index in [0.717, 1.165) is 30.9 Å². The van der Waals surface area contributed by atoms with Crippen molar-refractivity contribution < 1.29 is 31.2 Å². The van der Waals surface area contributed by atoms with Gasteiger partial charge in [-0.15, -0.1) is 17.7 Å². The zero-order chi connectivity index (χ0) is 9.80. The van der Waals surface area contributed by atoms with Crippen molar-refractivity contribution in [2.75, 3.05) is 20.3 Å². The molecular formula is C11H13BrMgO3. The van der Waals surface area contributed by atoms with Crippen molar-refractivity contribution in [1.29, 1.82) is 0 Å². The maximum Gasteiger partial charge on any atom is 2.00 e. The van der Waals surface area contributed by atoms with Gasteiger partial charge in [0.25, 0.3) is 0 Å². The molecule has 0 aromatic heterocycles. The van der Waals surface area contributed by atoms with Crippen LogP contribution in [0.2, 0.25) is 0 Å². The molecule has 0 bridgehead atoms. The van der Waals surface area contributed by atoms with Gasteiger partial charge in [0, 0.05) is 5.75 Å². The molecular weight excluding hydrogens is 284 g/mol. The summed E-state index contributed by atoms with van der Waals surface area (Å²) < 4.78 is 15.9. The molecule has 1 saturated heterocycles. The van der Waals surface area contributed by atoms with Gasteiger partial charge in [-0.3, -0.25) is 0 Å². The van der Waals surface area contributed by atoms with Crippen LogP contribution in [0, 0.1) is 6.07 Å². The second kappa shape index (κ2) is 8.30. The van der Waals surface area contributed by atoms with E-state index in [2.05, 4.69) is 6.07 Å². The molecule has 84 valence electrons. The van der Waals surface area contributed by atoms with Crippen LogP contribution in [0.4, 0.5) is 0 Å². The SMILES string of the molecule is COc1[c-]cc(C2OCCCO2)cc1.[Br-].[Mg+2]. The van der Waals surface area contributed by atoms with Crippen molar-refractivity contribution in [2.24, 2.45) is 0 Å². The molecule has 0 radical (unpaired) electrons. The number of halogens is 1. The van der Waals surface area contributed by atoms with Gasteiger partial charge in [0.1, 0.15) is 6.29 Å². The molecule has 1 fully saturated rings. The van der Waals surface area contributed by atoms with Gasteiger partial charge >= 0.3 is 23.1 Å². The van der Waals surface area contributed by atoms with E-state index >= 15 is 0 Å². The minimum Gasteiger partial charge on any atom is -1.00 e. The first-order valence-electron chi connectivity index (χ1n) is 4.69. The van der Waals surface area contributed by atoms with Crippen LogP contribution in [0.5, 0.6) is 5.75 Å². The smallest absolute Gasteiger partial charge is 1.00 e. The predicted molar refractivity (Wildman–Crippen MR) is 56.8 cm³/mol. The summed E-state index contributed by atoms with van der Waals surface area (Å²) >= 11 is 0. The number of methoxy groups -OCH3 is 1. The molecule has 1 aliphatic rings. The van der Waals surface area contributed by atoms with Crippen LogP contribution >= 0.6 is 0 Å². The third-order valence-corrected chi connectivity index (χ3v) is 2.13. The molecule has 0 unspecified atom stereocenters. The van der Waals surface area contributed by atoms with Gasteiger partial charge in [0.15, 0.2) is 0 Å². The molecule has 1 heterocycles. The van der Waals surface area contributed by atoms with E-state index in [-0.39, 0.29) is 46.3 Å². The Morgan fingerprint density at radius 3 is 2.50 bits per heavy atom. The van der Waals surface area contributed by atoms with Crippen molar-refractivity contribution in [2.45, 2.75) is 12.7 Å². The van der Waals surface area contributed by atoms with E-state index in [4.69, 9.17) is 14.2 Å². The standard InChI is InChI=1S/C11H13O3.BrH.Mg/c1-12-10-5-3-9(4-6-10)11-13-7-2-8-14-11;;/h3-5,11H,2,7-8H2,1H3;1H;/q-1;;+2/p-1. The van der Waals surface area contributed by atoms with E-state index < -0.39 is 0 Å². The predicted octanol–water partition coefficient (Wildman–Crippen LogP) is -1.45. The average molecular weight is 297 g/mol. The first kappa shape index (κ1) is 16.2. The molecule has 5 heteroatoms. The molecule has 0 saturated carbocycles. The minimum absolute atomic E-state index is 0. The first-order chi connectivity index (χ1) is 6.90. The summed E-state index contributed by atoms with van der Waals surface area (Å²) in [5.41, 5.74) is 0.991. The molecule has 1 aromatic rings. The maximum atomic E-state index is 5.45. The molecule has 0 spiro atoms. The van der Waals surface area contributed by atoms with Gasteiger partial charge in [-0.25, -0.2) is 0 Å². The minimum atomic E-state index is -0.231. The van der Waals surface area contributed by atoms with Gasteiger partial charge in [0.2, 0.25) is 0 Å². The third kappa shape index (κ3) is 4.22. The van der Waals surface area contributed by atoms with E-state index in [1.54, 1.807) is 7.11 Å². The fourth-order valence-electron chi connectivity index (χ4n) is 1.38. The second-order valence-corrected chi connectivity index (χ2v) is 3.12. The summed E-state index contributed by atoms with van der Waals surface area (Å²) in [5, 5.41) is 0. The van der Waals surface area contributed by atoms with E-state index in [1.165, 1.54) is 0 Å². The molecule has 16 heavy (non-hydrogen) atoms. The molecule has 0 N–H and O–H groups in total. The Morgan fingerprint density at radius 1 is 1.31 bits per heavy atom. The molecule has 0 atom stereocenters. The van der Waals surface area contributed by atoms with Gasteiger partial charge in [0.05, 0.1) is 20.3 Å². The molecule has 1 aliphatic heterocycles. The van der Waals surface area contributed by atoms with Gasteiger partial charge in [-0.05, 0) is 6.42 Å². The Kier molecular flexibility index (Phi) is 8.40. The van der Waals surface area contributed by atoms with E-state index in [0.29, 0.717) is 0 Å². The van der Waals surface area contributed by atoms with Crippen molar-refractivity contribution in [1.82, 2.24) is 0 Å².